The first-order chi connectivity index (χ1) is 14.9. The molecule has 0 spiro atoms. The van der Waals surface area contributed by atoms with Gasteiger partial charge in [0.15, 0.2) is 5.96 Å². The lowest BCUT2D eigenvalue weighted by Crippen LogP contribution is -2.37. The number of guanidine groups is 1. The van der Waals surface area contributed by atoms with E-state index >= 15 is 0 Å². The third kappa shape index (κ3) is 7.17. The Hall–Kier alpha value is -1.66. The van der Waals surface area contributed by atoms with Crippen LogP contribution in [0.15, 0.2) is 40.2 Å². The van der Waals surface area contributed by atoms with E-state index in [2.05, 4.69) is 33.7 Å². The number of hydrogen-bond donors (Lipinski definition) is 2. The second kappa shape index (κ2) is 12.5. The zero-order valence-corrected chi connectivity index (χ0v) is 22.3. The van der Waals surface area contributed by atoms with Gasteiger partial charge in [-0.25, -0.2) is 8.42 Å². The second-order valence-electron chi connectivity index (χ2n) is 7.97. The molecular weight excluding hydrogens is 539 g/mol. The highest BCUT2D eigenvalue weighted by Gasteiger charge is 2.25. The van der Waals surface area contributed by atoms with Crippen molar-refractivity contribution in [1.29, 1.82) is 0 Å². The molecular formula is C22H35IN6O2S. The minimum absolute atomic E-state index is 0. The molecule has 0 amide bonds. The summed E-state index contributed by atoms with van der Waals surface area (Å²) in [6.45, 7) is 7.40. The van der Waals surface area contributed by atoms with Gasteiger partial charge < -0.3 is 10.6 Å². The van der Waals surface area contributed by atoms with E-state index in [0.29, 0.717) is 30.5 Å². The molecule has 0 saturated carbocycles. The number of piperidine rings is 1. The first-order valence-electron chi connectivity index (χ1n) is 10.9. The molecule has 3 rings (SSSR count). The molecule has 178 valence electrons. The highest BCUT2D eigenvalue weighted by atomic mass is 127. The first kappa shape index (κ1) is 26.6. The lowest BCUT2D eigenvalue weighted by molar-refractivity contribution is 0.346. The molecule has 1 saturated heterocycles. The highest BCUT2D eigenvalue weighted by molar-refractivity contribution is 14.0. The predicted molar refractivity (Wildman–Crippen MR) is 139 cm³/mol. The molecule has 2 aromatic rings. The summed E-state index contributed by atoms with van der Waals surface area (Å²) in [6.07, 6.45) is 3.89. The standard InChI is InChI=1S/C22H34N6O2S.HI/c1-18-15-19(2)28(26-18)14-8-11-24-22(23-3)25-17-20-9-7-10-21(16-20)31(29,30)27-12-5-4-6-13-27;/h7,9-10,15-16H,4-6,8,11-14,17H2,1-3H3,(H2,23,24,25);1H. The van der Waals surface area contributed by atoms with Crippen LogP contribution in [0.25, 0.3) is 0 Å². The van der Waals surface area contributed by atoms with E-state index in [1.807, 2.05) is 17.7 Å². The van der Waals surface area contributed by atoms with Gasteiger partial charge in [-0.05, 0) is 56.9 Å². The fourth-order valence-corrected chi connectivity index (χ4v) is 5.40. The van der Waals surface area contributed by atoms with Crippen LogP contribution in [-0.2, 0) is 23.1 Å². The van der Waals surface area contributed by atoms with Crippen molar-refractivity contribution in [3.63, 3.8) is 0 Å². The topological polar surface area (TPSA) is 91.6 Å². The Kier molecular flexibility index (Phi) is 10.4. The van der Waals surface area contributed by atoms with Gasteiger partial charge in [0.25, 0.3) is 0 Å². The lowest BCUT2D eigenvalue weighted by Gasteiger charge is -2.26. The molecule has 0 bridgehead atoms. The number of hydrogen-bond acceptors (Lipinski definition) is 4. The number of nitrogens with one attached hydrogen (secondary N) is 2. The van der Waals surface area contributed by atoms with Crippen molar-refractivity contribution in [2.24, 2.45) is 4.99 Å². The molecule has 10 heteroatoms. The van der Waals surface area contributed by atoms with E-state index in [-0.39, 0.29) is 24.0 Å². The molecule has 2 heterocycles. The van der Waals surface area contributed by atoms with Crippen molar-refractivity contribution in [1.82, 2.24) is 24.7 Å². The van der Waals surface area contributed by atoms with Gasteiger partial charge in [-0.1, -0.05) is 18.6 Å². The van der Waals surface area contributed by atoms with Gasteiger partial charge >= 0.3 is 0 Å². The zero-order valence-electron chi connectivity index (χ0n) is 19.2. The van der Waals surface area contributed by atoms with Crippen molar-refractivity contribution in [2.45, 2.75) is 57.5 Å². The molecule has 0 aliphatic carbocycles. The van der Waals surface area contributed by atoms with Gasteiger partial charge in [0.05, 0.1) is 10.6 Å². The molecule has 1 aromatic carbocycles. The number of aliphatic imine (C=N–C) groups is 1. The van der Waals surface area contributed by atoms with Crippen LogP contribution in [0.5, 0.6) is 0 Å². The van der Waals surface area contributed by atoms with Crippen molar-refractivity contribution < 1.29 is 8.42 Å². The van der Waals surface area contributed by atoms with Gasteiger partial charge in [0.1, 0.15) is 0 Å². The second-order valence-corrected chi connectivity index (χ2v) is 9.91. The average molecular weight is 575 g/mol. The molecule has 32 heavy (non-hydrogen) atoms. The van der Waals surface area contributed by atoms with Crippen LogP contribution in [0.1, 0.15) is 42.6 Å². The fraction of sp³-hybridized carbons (Fsp3) is 0.545. The maximum atomic E-state index is 12.9. The largest absolute Gasteiger partial charge is 0.356 e. The molecule has 1 aliphatic heterocycles. The Morgan fingerprint density at radius 1 is 1.12 bits per heavy atom. The Morgan fingerprint density at radius 2 is 1.88 bits per heavy atom. The Balaban J connectivity index is 0.00000363. The Labute approximate surface area is 208 Å². The predicted octanol–water partition coefficient (Wildman–Crippen LogP) is 3.05. The number of benzene rings is 1. The highest BCUT2D eigenvalue weighted by Crippen LogP contribution is 2.21. The SMILES string of the molecule is CN=C(NCCCn1nc(C)cc1C)NCc1cccc(S(=O)(=O)N2CCCCC2)c1.I. The van der Waals surface area contributed by atoms with E-state index in [1.54, 1.807) is 29.6 Å². The fourth-order valence-electron chi connectivity index (χ4n) is 3.81. The summed E-state index contributed by atoms with van der Waals surface area (Å²) in [5.74, 6) is 0.692. The van der Waals surface area contributed by atoms with Crippen molar-refractivity contribution >= 4 is 40.0 Å². The smallest absolute Gasteiger partial charge is 0.243 e. The third-order valence-electron chi connectivity index (χ3n) is 5.48. The van der Waals surface area contributed by atoms with E-state index in [4.69, 9.17) is 0 Å². The number of halogens is 1. The lowest BCUT2D eigenvalue weighted by atomic mass is 10.2. The average Bonchev–Trinajstić information content (AvgIpc) is 3.10. The van der Waals surface area contributed by atoms with Gasteiger partial charge in [0, 0.05) is 45.5 Å². The van der Waals surface area contributed by atoms with E-state index in [0.717, 1.165) is 50.0 Å². The molecule has 0 atom stereocenters. The van der Waals surface area contributed by atoms with Gasteiger partial charge in [0.2, 0.25) is 10.0 Å². The number of nitrogens with zero attached hydrogens (tertiary/aromatic N) is 4. The van der Waals surface area contributed by atoms with Crippen LogP contribution < -0.4 is 10.6 Å². The third-order valence-corrected chi connectivity index (χ3v) is 7.37. The minimum Gasteiger partial charge on any atom is -0.356 e. The summed E-state index contributed by atoms with van der Waals surface area (Å²) in [5, 5.41) is 11.0. The van der Waals surface area contributed by atoms with Crippen LogP contribution in [0, 0.1) is 13.8 Å². The van der Waals surface area contributed by atoms with Crippen LogP contribution in [-0.4, -0.2) is 55.1 Å². The molecule has 8 nitrogen and oxygen atoms in total. The van der Waals surface area contributed by atoms with Gasteiger partial charge in [-0.3, -0.25) is 9.67 Å². The van der Waals surface area contributed by atoms with Crippen LogP contribution in [0.4, 0.5) is 0 Å². The Morgan fingerprint density at radius 3 is 2.53 bits per heavy atom. The van der Waals surface area contributed by atoms with Crippen molar-refractivity contribution in [3.05, 3.63) is 47.3 Å². The monoisotopic (exact) mass is 574 g/mol. The molecule has 0 radical (unpaired) electrons. The summed E-state index contributed by atoms with van der Waals surface area (Å²) < 4.78 is 29.4. The van der Waals surface area contributed by atoms with Crippen LogP contribution >= 0.6 is 24.0 Å². The summed E-state index contributed by atoms with van der Waals surface area (Å²) in [6, 6.07) is 9.25. The molecule has 1 aromatic heterocycles. The summed E-state index contributed by atoms with van der Waals surface area (Å²) >= 11 is 0. The summed E-state index contributed by atoms with van der Waals surface area (Å²) in [5.41, 5.74) is 3.11. The number of rotatable bonds is 8. The molecule has 0 unspecified atom stereocenters. The minimum atomic E-state index is -3.42. The zero-order chi connectivity index (χ0) is 22.3. The quantitative estimate of drug-likeness (QED) is 0.219. The summed E-state index contributed by atoms with van der Waals surface area (Å²) in [4.78, 5) is 4.62. The van der Waals surface area contributed by atoms with Crippen molar-refractivity contribution in [3.8, 4) is 0 Å². The normalized spacial score (nSPS) is 15.3. The van der Waals surface area contributed by atoms with Gasteiger partial charge in [-0.2, -0.15) is 9.40 Å². The Bertz CT molecular complexity index is 1000. The van der Waals surface area contributed by atoms with Crippen LogP contribution in [0.2, 0.25) is 0 Å². The number of aromatic nitrogens is 2. The van der Waals surface area contributed by atoms with Gasteiger partial charge in [-0.15, -0.1) is 24.0 Å². The molecule has 1 aliphatic rings. The van der Waals surface area contributed by atoms with E-state index < -0.39 is 10.0 Å². The first-order valence-corrected chi connectivity index (χ1v) is 12.4. The summed E-state index contributed by atoms with van der Waals surface area (Å²) in [7, 11) is -1.69. The maximum absolute atomic E-state index is 12.9. The molecule has 2 N–H and O–H groups in total. The number of sulfonamides is 1. The maximum Gasteiger partial charge on any atom is 0.243 e. The van der Waals surface area contributed by atoms with Crippen LogP contribution in [0.3, 0.4) is 0 Å². The van der Waals surface area contributed by atoms with Crippen molar-refractivity contribution in [2.75, 3.05) is 26.7 Å². The molecule has 1 fully saturated rings. The van der Waals surface area contributed by atoms with E-state index in [9.17, 15) is 8.42 Å². The van der Waals surface area contributed by atoms with E-state index in [1.165, 1.54) is 5.69 Å². The number of aryl methyl sites for hydroxylation is 3.